The number of ether oxygens (including phenoxy) is 2. The van der Waals surface area contributed by atoms with Crippen molar-refractivity contribution in [2.75, 3.05) is 7.11 Å². The van der Waals surface area contributed by atoms with E-state index in [9.17, 15) is 14.0 Å². The summed E-state index contributed by atoms with van der Waals surface area (Å²) >= 11 is 1.35. The third kappa shape index (κ3) is 5.51. The van der Waals surface area contributed by atoms with E-state index in [1.54, 1.807) is 57.4 Å². The predicted molar refractivity (Wildman–Crippen MR) is 151 cm³/mol. The van der Waals surface area contributed by atoms with Crippen LogP contribution in [0.5, 0.6) is 11.5 Å². The van der Waals surface area contributed by atoms with Crippen LogP contribution in [0.25, 0.3) is 0 Å². The number of ketones is 1. The Labute approximate surface area is 235 Å². The topological polar surface area (TPSA) is 81.3 Å². The maximum atomic E-state index is 13.8. The van der Waals surface area contributed by atoms with Gasteiger partial charge in [-0.05, 0) is 68.8 Å². The smallest absolute Gasteiger partial charge is 0.278 e. The van der Waals surface area contributed by atoms with Gasteiger partial charge in [0.1, 0.15) is 34.4 Å². The fraction of sp³-hybridized carbons (Fsp3) is 0.194. The molecule has 40 heavy (non-hydrogen) atoms. The number of carbonyl (C=O) groups is 2. The Morgan fingerprint density at radius 2 is 1.80 bits per heavy atom. The summed E-state index contributed by atoms with van der Waals surface area (Å²) in [7, 11) is 1.54. The summed E-state index contributed by atoms with van der Waals surface area (Å²) in [6.07, 6.45) is 0. The van der Waals surface area contributed by atoms with Gasteiger partial charge in [0.05, 0.1) is 12.7 Å². The summed E-state index contributed by atoms with van der Waals surface area (Å²) in [5, 5.41) is 6.03. The second kappa shape index (κ2) is 11.4. The highest BCUT2D eigenvalue weighted by molar-refractivity contribution is 8.14. The summed E-state index contributed by atoms with van der Waals surface area (Å²) in [6, 6.07) is 20.4. The highest BCUT2D eigenvalue weighted by atomic mass is 32.2. The molecule has 0 aliphatic carbocycles. The number of Topliss-reactive ketones (excluding diaryl/α,β-unsaturated/α-hetero) is 1. The predicted octanol–water partition coefficient (Wildman–Crippen LogP) is 7.08. The highest BCUT2D eigenvalue weighted by Gasteiger charge is 2.38. The van der Waals surface area contributed by atoms with Crippen LogP contribution in [0.4, 0.5) is 4.39 Å². The van der Waals surface area contributed by atoms with Crippen LogP contribution in [0.2, 0.25) is 0 Å². The first-order valence-electron chi connectivity index (χ1n) is 12.6. The van der Waals surface area contributed by atoms with Crippen molar-refractivity contribution < 1.29 is 27.9 Å². The Kier molecular flexibility index (Phi) is 7.75. The zero-order chi connectivity index (χ0) is 28.4. The number of thioether (sulfide) groups is 1. The maximum absolute atomic E-state index is 13.8. The minimum absolute atomic E-state index is 0.0237. The number of nitrogens with zero attached hydrogens (tertiary/aromatic N) is 2. The van der Waals surface area contributed by atoms with E-state index in [0.717, 1.165) is 5.56 Å². The van der Waals surface area contributed by atoms with Crippen LogP contribution in [0.15, 0.2) is 82.3 Å². The molecule has 7 nitrogen and oxygen atoms in total. The number of carbonyl (C=O) groups excluding carboxylic acids is 2. The van der Waals surface area contributed by atoms with Crippen molar-refractivity contribution >= 4 is 28.5 Å². The first-order valence-corrected chi connectivity index (χ1v) is 13.4. The van der Waals surface area contributed by atoms with Crippen molar-refractivity contribution in [3.8, 4) is 11.5 Å². The third-order valence-electron chi connectivity index (χ3n) is 6.42. The lowest BCUT2D eigenvalue weighted by atomic mass is 10.1. The Morgan fingerprint density at radius 1 is 1.05 bits per heavy atom. The molecule has 0 saturated heterocycles. The molecule has 5 rings (SSSR count). The Balaban J connectivity index is 1.50. The maximum Gasteiger partial charge on any atom is 0.278 e. The summed E-state index contributed by atoms with van der Waals surface area (Å²) < 4.78 is 31.2. The molecule has 0 saturated carbocycles. The normalized spacial score (nSPS) is 14.7. The van der Waals surface area contributed by atoms with Crippen molar-refractivity contribution in [1.82, 2.24) is 5.01 Å². The minimum atomic E-state index is -0.596. The van der Waals surface area contributed by atoms with Crippen LogP contribution in [0, 0.1) is 19.7 Å². The third-order valence-corrected chi connectivity index (χ3v) is 7.64. The van der Waals surface area contributed by atoms with Gasteiger partial charge in [0, 0.05) is 16.7 Å². The molecule has 1 aromatic heterocycles. The van der Waals surface area contributed by atoms with Crippen LogP contribution in [0.3, 0.4) is 0 Å². The number of furan rings is 1. The number of aryl methyl sites for hydroxylation is 2. The molecule has 2 heterocycles. The Morgan fingerprint density at radius 3 is 2.48 bits per heavy atom. The number of para-hydroxylation sites is 1. The Hall–Kier alpha value is -4.37. The lowest BCUT2D eigenvalue weighted by Crippen LogP contribution is -2.26. The van der Waals surface area contributed by atoms with Crippen LogP contribution in [0.1, 0.15) is 61.2 Å². The van der Waals surface area contributed by atoms with Gasteiger partial charge in [0.2, 0.25) is 0 Å². The van der Waals surface area contributed by atoms with Crippen molar-refractivity contribution in [2.45, 2.75) is 32.8 Å². The highest BCUT2D eigenvalue weighted by Crippen LogP contribution is 2.48. The van der Waals surface area contributed by atoms with Gasteiger partial charge >= 0.3 is 0 Å². The second-order valence-corrected chi connectivity index (χ2v) is 10.4. The molecule has 4 aromatic rings. The molecule has 3 aromatic carbocycles. The number of hydrogen-bond acceptors (Lipinski definition) is 7. The van der Waals surface area contributed by atoms with Gasteiger partial charge in [-0.2, -0.15) is 5.10 Å². The molecule has 0 fully saturated rings. The van der Waals surface area contributed by atoms with Gasteiger partial charge in [-0.1, -0.05) is 42.1 Å². The molecule has 0 spiro atoms. The van der Waals surface area contributed by atoms with E-state index in [2.05, 4.69) is 5.10 Å². The van der Waals surface area contributed by atoms with Crippen LogP contribution in [-0.2, 0) is 6.61 Å². The van der Waals surface area contributed by atoms with Gasteiger partial charge in [0.25, 0.3) is 5.91 Å². The number of amides is 1. The van der Waals surface area contributed by atoms with Crippen molar-refractivity contribution in [2.24, 2.45) is 5.10 Å². The molecule has 0 bridgehead atoms. The largest absolute Gasteiger partial charge is 0.492 e. The van der Waals surface area contributed by atoms with E-state index in [1.807, 2.05) is 24.3 Å². The lowest BCUT2D eigenvalue weighted by molar-refractivity contribution is 0.0745. The van der Waals surface area contributed by atoms with Gasteiger partial charge < -0.3 is 13.9 Å². The molecular formula is C31H27FN2O5S. The summed E-state index contributed by atoms with van der Waals surface area (Å²) in [5.74, 6) is 1.33. The number of rotatable bonds is 8. The fourth-order valence-corrected chi connectivity index (χ4v) is 5.64. The molecular weight excluding hydrogens is 531 g/mol. The average molecular weight is 559 g/mol. The molecule has 1 aliphatic heterocycles. The quantitative estimate of drug-likeness (QED) is 0.215. The molecule has 204 valence electrons. The van der Waals surface area contributed by atoms with E-state index >= 15 is 0 Å². The van der Waals surface area contributed by atoms with Gasteiger partial charge in [0.15, 0.2) is 17.3 Å². The van der Waals surface area contributed by atoms with Crippen molar-refractivity contribution in [3.63, 3.8) is 0 Å². The number of hydrazone groups is 1. The molecule has 1 amide bonds. The second-order valence-electron chi connectivity index (χ2n) is 9.28. The van der Waals surface area contributed by atoms with E-state index < -0.39 is 5.37 Å². The van der Waals surface area contributed by atoms with Gasteiger partial charge in [-0.15, -0.1) is 0 Å². The first-order chi connectivity index (χ1) is 19.2. The summed E-state index contributed by atoms with van der Waals surface area (Å²) in [4.78, 5) is 25.6. The fourth-order valence-electron chi connectivity index (χ4n) is 4.46. The van der Waals surface area contributed by atoms with E-state index in [0.29, 0.717) is 50.3 Å². The minimum Gasteiger partial charge on any atom is -0.492 e. The molecule has 0 radical (unpaired) electrons. The van der Waals surface area contributed by atoms with Crippen LogP contribution < -0.4 is 9.47 Å². The Bertz CT molecular complexity index is 1610. The average Bonchev–Trinajstić information content (AvgIpc) is 3.54. The molecule has 1 unspecified atom stereocenters. The molecule has 9 heteroatoms. The first kappa shape index (κ1) is 27.2. The van der Waals surface area contributed by atoms with E-state index in [-0.39, 0.29) is 24.1 Å². The van der Waals surface area contributed by atoms with Gasteiger partial charge in [-0.3, -0.25) is 9.59 Å². The zero-order valence-corrected chi connectivity index (χ0v) is 23.3. The monoisotopic (exact) mass is 558 g/mol. The van der Waals surface area contributed by atoms with Gasteiger partial charge in [-0.25, -0.2) is 9.40 Å². The molecule has 0 N–H and O–H groups in total. The van der Waals surface area contributed by atoms with Crippen molar-refractivity contribution in [1.29, 1.82) is 0 Å². The molecule has 1 aliphatic rings. The lowest BCUT2D eigenvalue weighted by Gasteiger charge is -2.23. The van der Waals surface area contributed by atoms with Crippen molar-refractivity contribution in [3.05, 3.63) is 118 Å². The van der Waals surface area contributed by atoms with Crippen LogP contribution >= 0.6 is 11.8 Å². The number of halogens is 1. The summed E-state index contributed by atoms with van der Waals surface area (Å²) in [6.45, 7) is 5.25. The van der Waals surface area contributed by atoms with Crippen LogP contribution in [-0.4, -0.2) is 28.9 Å². The number of methoxy groups -OCH3 is 1. The van der Waals surface area contributed by atoms with E-state index in [1.165, 1.54) is 35.8 Å². The standard InChI is InChI=1S/C31H27FN2O5S/c1-18-15-26(20(3)39-18)30(36)34-31(40-29(33-34)22-11-13-24(32)14-12-22)25-9-6-10-27(28(25)37-4)38-17-21-7-5-8-23(16-21)19(2)35/h5-16,31H,17H2,1-4H3. The SMILES string of the molecule is COc1c(OCc2cccc(C(C)=O)c2)cccc1C1SC(c2ccc(F)cc2)=NN1C(=O)c1cc(C)oc1C. The van der Waals surface area contributed by atoms with E-state index in [4.69, 9.17) is 13.9 Å². The summed E-state index contributed by atoms with van der Waals surface area (Å²) in [5.41, 5.74) is 3.20. The molecule has 1 atom stereocenters. The number of hydrogen-bond donors (Lipinski definition) is 0. The zero-order valence-electron chi connectivity index (χ0n) is 22.4. The number of benzene rings is 3.